The molecule has 1 amide bonds. The summed E-state index contributed by atoms with van der Waals surface area (Å²) in [5.41, 5.74) is 6.80. The molecule has 1 aliphatic heterocycles. The average molecular weight is 449 g/mol. The first-order valence-electron chi connectivity index (χ1n) is 11.5. The Morgan fingerprint density at radius 1 is 1.03 bits per heavy atom. The molecule has 0 radical (unpaired) electrons. The predicted octanol–water partition coefficient (Wildman–Crippen LogP) is 4.74. The fourth-order valence-electron chi connectivity index (χ4n) is 4.64. The number of carbonyl (C=O) groups excluding carboxylic acids is 1. The minimum atomic E-state index is -0.979. The van der Waals surface area contributed by atoms with Gasteiger partial charge in [-0.25, -0.2) is 0 Å². The highest BCUT2D eigenvalue weighted by atomic mass is 32.2. The van der Waals surface area contributed by atoms with Gasteiger partial charge in [-0.2, -0.15) is 0 Å². The number of carbonyl (C=O) groups is 1. The van der Waals surface area contributed by atoms with E-state index in [2.05, 4.69) is 35.3 Å². The van der Waals surface area contributed by atoms with Crippen LogP contribution in [0.15, 0.2) is 59.0 Å². The molecule has 1 fully saturated rings. The van der Waals surface area contributed by atoms with Gasteiger partial charge in [0.25, 0.3) is 0 Å². The highest BCUT2D eigenvalue weighted by molar-refractivity contribution is 7.84. The fourth-order valence-corrected chi connectivity index (χ4v) is 5.16. The summed E-state index contributed by atoms with van der Waals surface area (Å²) in [5, 5.41) is 3.13. The highest BCUT2D eigenvalue weighted by Gasteiger charge is 2.24. The zero-order chi connectivity index (χ0) is 22.5. The molecule has 4 nitrogen and oxygen atoms in total. The number of hydrogen-bond donors (Lipinski definition) is 1. The molecule has 32 heavy (non-hydrogen) atoms. The zero-order valence-corrected chi connectivity index (χ0v) is 19.8. The number of nitrogens with zero attached hydrogens (tertiary/aromatic N) is 1. The summed E-state index contributed by atoms with van der Waals surface area (Å²) in [7, 11) is -0.979. The van der Waals surface area contributed by atoms with Gasteiger partial charge in [0.05, 0.1) is 6.42 Å². The Balaban J connectivity index is 1.49. The maximum absolute atomic E-state index is 12.8. The van der Waals surface area contributed by atoms with Crippen LogP contribution in [0.1, 0.15) is 49.3 Å². The van der Waals surface area contributed by atoms with E-state index in [1.807, 2.05) is 36.4 Å². The summed E-state index contributed by atoms with van der Waals surface area (Å²) in [6.45, 7) is 6.05. The van der Waals surface area contributed by atoms with Crippen LogP contribution in [0.2, 0.25) is 0 Å². The Bertz CT molecular complexity index is 1060. The van der Waals surface area contributed by atoms with Crippen LogP contribution in [0.5, 0.6) is 0 Å². The van der Waals surface area contributed by atoms with E-state index in [9.17, 15) is 9.00 Å². The third-order valence-corrected chi connectivity index (χ3v) is 7.39. The molecule has 2 aliphatic rings. The van der Waals surface area contributed by atoms with Crippen LogP contribution in [0, 0.1) is 0 Å². The molecule has 1 atom stereocenters. The van der Waals surface area contributed by atoms with E-state index >= 15 is 0 Å². The van der Waals surface area contributed by atoms with Crippen molar-refractivity contribution in [2.45, 2.75) is 37.5 Å². The van der Waals surface area contributed by atoms with Crippen molar-refractivity contribution in [3.8, 4) is 0 Å². The topological polar surface area (TPSA) is 49.4 Å². The number of piperidine rings is 1. The van der Waals surface area contributed by atoms with Gasteiger partial charge in [0.1, 0.15) is 0 Å². The normalized spacial score (nSPS) is 18.6. The molecule has 168 valence electrons. The second kappa shape index (κ2) is 10.4. The minimum absolute atomic E-state index is 0.0854. The largest absolute Gasteiger partial charge is 0.355 e. The average Bonchev–Trinajstić information content (AvgIpc) is 3.06. The number of nitrogens with one attached hydrogen (secondary N) is 1. The second-order valence-electron chi connectivity index (χ2n) is 8.66. The van der Waals surface area contributed by atoms with E-state index in [4.69, 9.17) is 0 Å². The monoisotopic (exact) mass is 448 g/mol. The second-order valence-corrected chi connectivity index (χ2v) is 10.0. The molecule has 2 aromatic carbocycles. The van der Waals surface area contributed by atoms with Crippen LogP contribution >= 0.6 is 0 Å². The van der Waals surface area contributed by atoms with Gasteiger partial charge < -0.3 is 10.2 Å². The van der Waals surface area contributed by atoms with Crippen LogP contribution < -0.4 is 5.32 Å². The predicted molar refractivity (Wildman–Crippen MR) is 134 cm³/mol. The van der Waals surface area contributed by atoms with Crippen molar-refractivity contribution in [1.82, 2.24) is 10.2 Å². The summed E-state index contributed by atoms with van der Waals surface area (Å²) >= 11 is 0. The van der Waals surface area contributed by atoms with E-state index < -0.39 is 10.8 Å². The summed E-state index contributed by atoms with van der Waals surface area (Å²) in [4.78, 5) is 16.0. The minimum Gasteiger partial charge on any atom is -0.355 e. The summed E-state index contributed by atoms with van der Waals surface area (Å²) in [5.74, 6) is 0.0854. The molecule has 1 unspecified atom stereocenters. The number of rotatable bonds is 7. The number of allylic oxidation sites excluding steroid dienone is 2. The first-order chi connectivity index (χ1) is 15.5. The number of hydrogen-bond acceptors (Lipinski definition) is 3. The standard InChI is InChI=1S/C27H32N2O2S/c1-20-25(18-21-10-12-22(13-11-21)32(2)31)23-8-4-5-9-24(23)26(20)19-27(30)28-14-17-29-15-6-3-7-16-29/h4-5,8-13,18H,3,6-7,14-17,19H2,1-2H3,(H,28,30). The van der Waals surface area contributed by atoms with E-state index in [0.29, 0.717) is 13.0 Å². The Morgan fingerprint density at radius 3 is 2.41 bits per heavy atom. The maximum atomic E-state index is 12.8. The van der Waals surface area contributed by atoms with Crippen molar-refractivity contribution in [1.29, 1.82) is 0 Å². The van der Waals surface area contributed by atoms with Gasteiger partial charge in [0.2, 0.25) is 5.91 Å². The summed E-state index contributed by atoms with van der Waals surface area (Å²) in [6, 6.07) is 16.2. The van der Waals surface area contributed by atoms with Crippen molar-refractivity contribution >= 4 is 33.9 Å². The van der Waals surface area contributed by atoms with Gasteiger partial charge in [-0.3, -0.25) is 9.00 Å². The van der Waals surface area contributed by atoms with Crippen molar-refractivity contribution in [3.63, 3.8) is 0 Å². The van der Waals surface area contributed by atoms with Crippen LogP contribution in [0.4, 0.5) is 0 Å². The molecule has 0 bridgehead atoms. The molecule has 1 N–H and O–H groups in total. The molecule has 1 aliphatic carbocycles. The SMILES string of the molecule is CC1=C(CC(=O)NCCN2CCCCC2)c2ccccc2C1=Cc1ccc(S(C)=O)cc1. The lowest BCUT2D eigenvalue weighted by atomic mass is 10.0. The molecule has 1 saturated heterocycles. The van der Waals surface area contributed by atoms with Gasteiger partial charge in [0, 0.05) is 35.0 Å². The molecule has 0 aromatic heterocycles. The van der Waals surface area contributed by atoms with Gasteiger partial charge in [-0.15, -0.1) is 0 Å². The van der Waals surface area contributed by atoms with Crippen molar-refractivity contribution in [2.24, 2.45) is 0 Å². The quantitative estimate of drug-likeness (QED) is 0.665. The molecular weight excluding hydrogens is 416 g/mol. The first kappa shape index (κ1) is 22.7. The summed E-state index contributed by atoms with van der Waals surface area (Å²) in [6.07, 6.45) is 8.12. The molecular formula is C27H32N2O2S. The van der Waals surface area contributed by atoms with Gasteiger partial charge in [-0.1, -0.05) is 42.8 Å². The van der Waals surface area contributed by atoms with Gasteiger partial charge in [0.15, 0.2) is 0 Å². The summed E-state index contributed by atoms with van der Waals surface area (Å²) < 4.78 is 11.7. The third kappa shape index (κ3) is 5.28. The zero-order valence-electron chi connectivity index (χ0n) is 19.0. The first-order valence-corrected chi connectivity index (χ1v) is 13.0. The lowest BCUT2D eigenvalue weighted by Gasteiger charge is -2.26. The maximum Gasteiger partial charge on any atom is 0.224 e. The van der Waals surface area contributed by atoms with Crippen molar-refractivity contribution in [3.05, 3.63) is 70.8 Å². The van der Waals surface area contributed by atoms with Crippen molar-refractivity contribution in [2.75, 3.05) is 32.4 Å². The van der Waals surface area contributed by atoms with Crippen LogP contribution in [-0.4, -0.2) is 47.5 Å². The number of benzene rings is 2. The Kier molecular flexibility index (Phi) is 7.38. The highest BCUT2D eigenvalue weighted by Crippen LogP contribution is 2.43. The van der Waals surface area contributed by atoms with Crippen LogP contribution in [0.25, 0.3) is 17.2 Å². The molecule has 0 saturated carbocycles. The van der Waals surface area contributed by atoms with E-state index in [1.165, 1.54) is 24.8 Å². The Hall–Kier alpha value is -2.50. The molecule has 4 rings (SSSR count). The molecule has 2 aromatic rings. The van der Waals surface area contributed by atoms with E-state index in [1.54, 1.807) is 6.26 Å². The van der Waals surface area contributed by atoms with E-state index in [0.717, 1.165) is 52.4 Å². The number of likely N-dealkylation sites (tertiary alicyclic amines) is 1. The lowest BCUT2D eigenvalue weighted by molar-refractivity contribution is -0.120. The Morgan fingerprint density at radius 2 is 1.72 bits per heavy atom. The number of fused-ring (bicyclic) bond motifs is 1. The molecule has 5 heteroatoms. The fraction of sp³-hybridized carbons (Fsp3) is 0.370. The Labute approximate surface area is 193 Å². The third-order valence-electron chi connectivity index (χ3n) is 6.46. The molecule has 1 heterocycles. The smallest absolute Gasteiger partial charge is 0.224 e. The van der Waals surface area contributed by atoms with Crippen LogP contribution in [0.3, 0.4) is 0 Å². The molecule has 0 spiro atoms. The van der Waals surface area contributed by atoms with Crippen LogP contribution in [-0.2, 0) is 15.6 Å². The van der Waals surface area contributed by atoms with E-state index in [-0.39, 0.29) is 5.91 Å². The number of amides is 1. The van der Waals surface area contributed by atoms with Gasteiger partial charge in [-0.05, 0) is 84.5 Å². The lowest BCUT2D eigenvalue weighted by Crippen LogP contribution is -2.37. The van der Waals surface area contributed by atoms with Crippen molar-refractivity contribution < 1.29 is 9.00 Å². The van der Waals surface area contributed by atoms with Gasteiger partial charge >= 0.3 is 0 Å².